The van der Waals surface area contributed by atoms with Crippen molar-refractivity contribution < 1.29 is 14.0 Å². The van der Waals surface area contributed by atoms with E-state index in [0.717, 1.165) is 37.1 Å². The fourth-order valence-corrected chi connectivity index (χ4v) is 3.96. The van der Waals surface area contributed by atoms with Gasteiger partial charge in [0.15, 0.2) is 17.2 Å². The molecule has 1 aliphatic carbocycles. The third kappa shape index (κ3) is 2.63. The highest BCUT2D eigenvalue weighted by molar-refractivity contribution is 6.05. The summed E-state index contributed by atoms with van der Waals surface area (Å²) in [5.41, 5.74) is 16.0. The molecule has 3 aromatic rings. The Bertz CT molecular complexity index is 999. The number of aromatic nitrogens is 3. The molecule has 5 rings (SSSR count). The minimum Gasteiger partial charge on any atom is -0.494 e. The van der Waals surface area contributed by atoms with Crippen molar-refractivity contribution in [2.45, 2.75) is 44.2 Å². The summed E-state index contributed by atoms with van der Waals surface area (Å²) in [6.45, 7) is 0.772. The van der Waals surface area contributed by atoms with Crippen LogP contribution in [0.3, 0.4) is 0 Å². The normalized spacial score (nSPS) is 20.3. The predicted octanol–water partition coefficient (Wildman–Crippen LogP) is 3.44. The Kier molecular flexibility index (Phi) is 3.75. The third-order valence-corrected chi connectivity index (χ3v) is 5.42. The van der Waals surface area contributed by atoms with Gasteiger partial charge in [-0.3, -0.25) is 0 Å². The van der Waals surface area contributed by atoms with Crippen molar-refractivity contribution in [1.29, 1.82) is 0 Å². The van der Waals surface area contributed by atoms with Crippen molar-refractivity contribution in [1.82, 2.24) is 14.9 Å². The number of anilines is 2. The molecule has 0 spiro atoms. The minimum atomic E-state index is -0.0227. The lowest BCUT2D eigenvalue weighted by atomic mass is 10.0. The van der Waals surface area contributed by atoms with Crippen LogP contribution in [0.25, 0.3) is 22.2 Å². The molecule has 8 heteroatoms. The Hall–Kier alpha value is -2.74. The SMILES string of the molecule is COc1c(N)cc2onc(N)c2c1-c1cc(C2CC2)n(C2CCCCO2)n1. The van der Waals surface area contributed by atoms with Gasteiger partial charge >= 0.3 is 0 Å². The standard InChI is InChI=1S/C19H23N5O3/c1-25-18-11(20)8-14-17(19(21)23-27-14)16(18)12-9-13(10-5-6-10)24(22-12)15-4-2-3-7-26-15/h8-10,15H,2-7,20H2,1H3,(H2,21,23). The van der Waals surface area contributed by atoms with Crippen LogP contribution in [0.15, 0.2) is 16.7 Å². The minimum absolute atomic E-state index is 0.0227. The van der Waals surface area contributed by atoms with Crippen molar-refractivity contribution in [2.75, 3.05) is 25.2 Å². The Labute approximate surface area is 156 Å². The van der Waals surface area contributed by atoms with E-state index in [9.17, 15) is 0 Å². The smallest absolute Gasteiger partial charge is 0.175 e. The maximum atomic E-state index is 6.19. The van der Waals surface area contributed by atoms with Gasteiger partial charge in [0.05, 0.1) is 29.4 Å². The second kappa shape index (κ2) is 6.16. The molecule has 1 atom stereocenters. The van der Waals surface area contributed by atoms with Crippen LogP contribution in [0.2, 0.25) is 0 Å². The van der Waals surface area contributed by atoms with E-state index in [0.29, 0.717) is 34.1 Å². The summed E-state index contributed by atoms with van der Waals surface area (Å²) < 4.78 is 19.0. The Balaban J connectivity index is 1.72. The number of fused-ring (bicyclic) bond motifs is 1. The second-order valence-corrected chi connectivity index (χ2v) is 7.31. The lowest BCUT2D eigenvalue weighted by Gasteiger charge is -2.24. The van der Waals surface area contributed by atoms with Gasteiger partial charge in [0.1, 0.15) is 6.23 Å². The first-order valence-corrected chi connectivity index (χ1v) is 9.40. The van der Waals surface area contributed by atoms with Crippen LogP contribution in [0.5, 0.6) is 5.75 Å². The second-order valence-electron chi connectivity index (χ2n) is 7.31. The maximum absolute atomic E-state index is 6.19. The molecule has 2 aromatic heterocycles. The van der Waals surface area contributed by atoms with Gasteiger partial charge in [0.2, 0.25) is 0 Å². The summed E-state index contributed by atoms with van der Waals surface area (Å²) >= 11 is 0. The fraction of sp³-hybridized carbons (Fsp3) is 0.474. The van der Waals surface area contributed by atoms with Gasteiger partial charge in [-0.1, -0.05) is 5.16 Å². The highest BCUT2D eigenvalue weighted by Gasteiger charge is 2.33. The number of rotatable bonds is 4. The van der Waals surface area contributed by atoms with Crippen LogP contribution >= 0.6 is 0 Å². The largest absolute Gasteiger partial charge is 0.494 e. The molecular formula is C19H23N5O3. The number of ether oxygens (including phenoxy) is 2. The molecule has 1 saturated heterocycles. The van der Waals surface area contributed by atoms with Crippen LogP contribution in [0.1, 0.15) is 49.9 Å². The average Bonchev–Trinajstić information content (AvgIpc) is 3.34. The summed E-state index contributed by atoms with van der Waals surface area (Å²) in [4.78, 5) is 0. The molecule has 27 heavy (non-hydrogen) atoms. The van der Waals surface area contributed by atoms with E-state index in [1.54, 1.807) is 13.2 Å². The zero-order chi connectivity index (χ0) is 18.5. The number of benzene rings is 1. The molecule has 0 bridgehead atoms. The van der Waals surface area contributed by atoms with Crippen molar-refractivity contribution in [2.24, 2.45) is 0 Å². The third-order valence-electron chi connectivity index (χ3n) is 5.42. The zero-order valence-electron chi connectivity index (χ0n) is 15.3. The van der Waals surface area contributed by atoms with E-state index < -0.39 is 0 Å². The van der Waals surface area contributed by atoms with Crippen molar-refractivity contribution in [3.63, 3.8) is 0 Å². The first-order valence-electron chi connectivity index (χ1n) is 9.40. The van der Waals surface area contributed by atoms with Gasteiger partial charge in [0.25, 0.3) is 0 Å². The first-order chi connectivity index (χ1) is 13.2. The number of hydrogen-bond acceptors (Lipinski definition) is 7. The summed E-state index contributed by atoms with van der Waals surface area (Å²) in [6, 6.07) is 3.79. The lowest BCUT2D eigenvalue weighted by molar-refractivity contribution is -0.0410. The van der Waals surface area contributed by atoms with Gasteiger partial charge in [-0.15, -0.1) is 0 Å². The topological polar surface area (TPSA) is 114 Å². The summed E-state index contributed by atoms with van der Waals surface area (Å²) in [6.07, 6.45) is 5.55. The van der Waals surface area contributed by atoms with Crippen LogP contribution < -0.4 is 16.2 Å². The molecular weight excluding hydrogens is 346 g/mol. The summed E-state index contributed by atoms with van der Waals surface area (Å²) in [5, 5.41) is 9.49. The summed E-state index contributed by atoms with van der Waals surface area (Å²) in [5.74, 6) is 1.36. The number of nitrogen functional groups attached to an aromatic ring is 2. The molecule has 0 amide bonds. The van der Waals surface area contributed by atoms with Crippen LogP contribution in [0, 0.1) is 0 Å². The molecule has 4 N–H and O–H groups in total. The van der Waals surface area contributed by atoms with Gasteiger partial charge in [-0.05, 0) is 38.2 Å². The monoisotopic (exact) mass is 369 g/mol. The average molecular weight is 369 g/mol. The van der Waals surface area contributed by atoms with E-state index >= 15 is 0 Å². The molecule has 1 unspecified atom stereocenters. The molecule has 1 aromatic carbocycles. The van der Waals surface area contributed by atoms with Crippen LogP contribution in [0.4, 0.5) is 11.5 Å². The molecule has 0 radical (unpaired) electrons. The van der Waals surface area contributed by atoms with Crippen LogP contribution in [-0.4, -0.2) is 28.7 Å². The number of nitrogens with two attached hydrogens (primary N) is 2. The number of nitrogens with zero attached hydrogens (tertiary/aromatic N) is 3. The highest BCUT2D eigenvalue weighted by atomic mass is 16.5. The Morgan fingerprint density at radius 1 is 1.19 bits per heavy atom. The highest BCUT2D eigenvalue weighted by Crippen LogP contribution is 2.47. The fourth-order valence-electron chi connectivity index (χ4n) is 3.96. The Morgan fingerprint density at radius 2 is 2.04 bits per heavy atom. The predicted molar refractivity (Wildman–Crippen MR) is 101 cm³/mol. The van der Waals surface area contributed by atoms with Gasteiger partial charge in [-0.2, -0.15) is 5.10 Å². The molecule has 3 heterocycles. The molecule has 8 nitrogen and oxygen atoms in total. The van der Waals surface area contributed by atoms with Crippen molar-refractivity contribution in [3.8, 4) is 17.0 Å². The molecule has 2 fully saturated rings. The molecule has 142 valence electrons. The molecule has 2 aliphatic rings. The lowest BCUT2D eigenvalue weighted by Crippen LogP contribution is -2.20. The van der Waals surface area contributed by atoms with E-state index in [-0.39, 0.29) is 6.23 Å². The van der Waals surface area contributed by atoms with Crippen molar-refractivity contribution in [3.05, 3.63) is 17.8 Å². The zero-order valence-corrected chi connectivity index (χ0v) is 15.3. The Morgan fingerprint density at radius 3 is 2.74 bits per heavy atom. The van der Waals surface area contributed by atoms with E-state index in [4.69, 9.17) is 30.6 Å². The van der Waals surface area contributed by atoms with Gasteiger partial charge in [-0.25, -0.2) is 4.68 Å². The van der Waals surface area contributed by atoms with E-state index in [1.807, 2.05) is 4.68 Å². The van der Waals surface area contributed by atoms with Gasteiger partial charge < -0.3 is 25.5 Å². The number of methoxy groups -OCH3 is 1. The van der Waals surface area contributed by atoms with Crippen molar-refractivity contribution >= 4 is 22.5 Å². The van der Waals surface area contributed by atoms with E-state index in [1.165, 1.54) is 18.5 Å². The summed E-state index contributed by atoms with van der Waals surface area (Å²) in [7, 11) is 1.59. The maximum Gasteiger partial charge on any atom is 0.175 e. The number of hydrogen-bond donors (Lipinski definition) is 2. The molecule has 1 saturated carbocycles. The van der Waals surface area contributed by atoms with E-state index in [2.05, 4.69) is 11.2 Å². The van der Waals surface area contributed by atoms with Crippen LogP contribution in [-0.2, 0) is 4.74 Å². The molecule has 1 aliphatic heterocycles. The first kappa shape index (κ1) is 16.4. The van der Waals surface area contributed by atoms with Gasteiger partial charge in [0, 0.05) is 24.3 Å². The quantitative estimate of drug-likeness (QED) is 0.677.